The molecule has 2 saturated carbocycles. The standard InChI is InChI=1S/C16H28N2O/c1-16(2)8-6-14(10-16)18-9-7-13(11-18)17-15(19)12-4-3-5-12/h12-14H,3-11H2,1-2H3,(H,17,19). The highest BCUT2D eigenvalue weighted by Crippen LogP contribution is 2.40. The smallest absolute Gasteiger partial charge is 0.223 e. The minimum Gasteiger partial charge on any atom is -0.352 e. The summed E-state index contributed by atoms with van der Waals surface area (Å²) in [5.41, 5.74) is 0.526. The largest absolute Gasteiger partial charge is 0.352 e. The number of carbonyl (C=O) groups is 1. The highest BCUT2D eigenvalue weighted by atomic mass is 16.2. The van der Waals surface area contributed by atoms with Gasteiger partial charge in [0.25, 0.3) is 0 Å². The van der Waals surface area contributed by atoms with Gasteiger partial charge in [0.1, 0.15) is 0 Å². The van der Waals surface area contributed by atoms with E-state index in [0.717, 1.165) is 31.8 Å². The number of nitrogens with one attached hydrogen (secondary N) is 1. The van der Waals surface area contributed by atoms with Crippen molar-refractivity contribution in [1.29, 1.82) is 0 Å². The average molecular weight is 264 g/mol. The van der Waals surface area contributed by atoms with Crippen molar-refractivity contribution in [3.63, 3.8) is 0 Å². The fraction of sp³-hybridized carbons (Fsp3) is 0.938. The molecule has 3 fully saturated rings. The van der Waals surface area contributed by atoms with Gasteiger partial charge >= 0.3 is 0 Å². The number of hydrogen-bond acceptors (Lipinski definition) is 2. The fourth-order valence-electron chi connectivity index (χ4n) is 3.94. The molecule has 3 nitrogen and oxygen atoms in total. The highest BCUT2D eigenvalue weighted by Gasteiger charge is 2.38. The van der Waals surface area contributed by atoms with Crippen LogP contribution in [0.25, 0.3) is 0 Å². The molecule has 0 spiro atoms. The Morgan fingerprint density at radius 3 is 2.58 bits per heavy atom. The van der Waals surface area contributed by atoms with E-state index < -0.39 is 0 Å². The van der Waals surface area contributed by atoms with Gasteiger partial charge in [0, 0.05) is 31.1 Å². The molecular weight excluding hydrogens is 236 g/mol. The Morgan fingerprint density at radius 2 is 2.00 bits per heavy atom. The van der Waals surface area contributed by atoms with Crippen LogP contribution < -0.4 is 5.32 Å². The van der Waals surface area contributed by atoms with E-state index in [-0.39, 0.29) is 0 Å². The Labute approximate surface area is 117 Å². The summed E-state index contributed by atoms with van der Waals surface area (Å²) >= 11 is 0. The molecule has 0 aromatic rings. The van der Waals surface area contributed by atoms with Gasteiger partial charge in [-0.25, -0.2) is 0 Å². The summed E-state index contributed by atoms with van der Waals surface area (Å²) in [6.07, 6.45) is 8.64. The van der Waals surface area contributed by atoms with E-state index in [0.29, 0.717) is 23.3 Å². The van der Waals surface area contributed by atoms with Crippen LogP contribution in [-0.2, 0) is 4.79 Å². The Hall–Kier alpha value is -0.570. The van der Waals surface area contributed by atoms with E-state index in [9.17, 15) is 4.79 Å². The minimum absolute atomic E-state index is 0.324. The van der Waals surface area contributed by atoms with E-state index in [1.165, 1.54) is 32.2 Å². The molecule has 2 unspecified atom stereocenters. The van der Waals surface area contributed by atoms with Crippen molar-refractivity contribution in [1.82, 2.24) is 10.2 Å². The minimum atomic E-state index is 0.324. The molecule has 0 aromatic carbocycles. The van der Waals surface area contributed by atoms with Gasteiger partial charge in [-0.05, 0) is 43.9 Å². The van der Waals surface area contributed by atoms with Gasteiger partial charge in [-0.3, -0.25) is 9.69 Å². The van der Waals surface area contributed by atoms with E-state index in [1.807, 2.05) is 0 Å². The summed E-state index contributed by atoms with van der Waals surface area (Å²) < 4.78 is 0. The molecule has 1 saturated heterocycles. The van der Waals surface area contributed by atoms with Crippen LogP contribution in [0.3, 0.4) is 0 Å². The van der Waals surface area contributed by atoms with Gasteiger partial charge in [-0.15, -0.1) is 0 Å². The van der Waals surface area contributed by atoms with Crippen molar-refractivity contribution >= 4 is 5.91 Å². The second kappa shape index (κ2) is 5.08. The summed E-state index contributed by atoms with van der Waals surface area (Å²) in [6, 6.07) is 1.18. The Balaban J connectivity index is 1.46. The molecule has 1 aliphatic heterocycles. The number of likely N-dealkylation sites (tertiary alicyclic amines) is 1. The quantitative estimate of drug-likeness (QED) is 0.849. The third-order valence-electron chi connectivity index (χ3n) is 5.50. The Kier molecular flexibility index (Phi) is 3.59. The van der Waals surface area contributed by atoms with Crippen molar-refractivity contribution < 1.29 is 4.79 Å². The molecule has 3 heteroatoms. The first kappa shape index (κ1) is 13.4. The molecule has 1 amide bonds. The SMILES string of the molecule is CC1(C)CCC(N2CCC(NC(=O)C3CCC3)C2)C1. The molecule has 1 heterocycles. The first-order valence-electron chi connectivity index (χ1n) is 8.08. The van der Waals surface area contributed by atoms with Crippen molar-refractivity contribution in [2.75, 3.05) is 13.1 Å². The van der Waals surface area contributed by atoms with Crippen LogP contribution in [0, 0.1) is 11.3 Å². The summed E-state index contributed by atoms with van der Waals surface area (Å²) in [5, 5.41) is 3.27. The zero-order chi connectivity index (χ0) is 13.5. The first-order chi connectivity index (χ1) is 9.03. The van der Waals surface area contributed by atoms with Crippen LogP contribution in [0.1, 0.15) is 58.8 Å². The van der Waals surface area contributed by atoms with Gasteiger partial charge < -0.3 is 5.32 Å². The van der Waals surface area contributed by atoms with Gasteiger partial charge in [-0.1, -0.05) is 20.3 Å². The van der Waals surface area contributed by atoms with Crippen molar-refractivity contribution in [2.24, 2.45) is 11.3 Å². The highest BCUT2D eigenvalue weighted by molar-refractivity contribution is 5.79. The maximum atomic E-state index is 12.0. The topological polar surface area (TPSA) is 32.3 Å². The summed E-state index contributed by atoms with van der Waals surface area (Å²) in [7, 11) is 0. The predicted octanol–water partition coefficient (Wildman–Crippen LogP) is 2.56. The van der Waals surface area contributed by atoms with Gasteiger partial charge in [0.2, 0.25) is 5.91 Å². The zero-order valence-electron chi connectivity index (χ0n) is 12.5. The molecule has 0 radical (unpaired) electrons. The van der Waals surface area contributed by atoms with Crippen LogP contribution in [0.15, 0.2) is 0 Å². The second-order valence-electron chi connectivity index (χ2n) is 7.68. The fourth-order valence-corrected chi connectivity index (χ4v) is 3.94. The maximum absolute atomic E-state index is 12.0. The molecule has 0 bridgehead atoms. The lowest BCUT2D eigenvalue weighted by Crippen LogP contribution is -2.43. The molecule has 108 valence electrons. The maximum Gasteiger partial charge on any atom is 0.223 e. The Morgan fingerprint density at radius 1 is 1.21 bits per heavy atom. The van der Waals surface area contributed by atoms with Crippen LogP contribution in [0.5, 0.6) is 0 Å². The average Bonchev–Trinajstić information content (AvgIpc) is 2.82. The number of carbonyl (C=O) groups excluding carboxylic acids is 1. The lowest BCUT2D eigenvalue weighted by atomic mass is 9.84. The van der Waals surface area contributed by atoms with Crippen LogP contribution in [0.2, 0.25) is 0 Å². The monoisotopic (exact) mass is 264 g/mol. The van der Waals surface area contributed by atoms with E-state index in [4.69, 9.17) is 0 Å². The van der Waals surface area contributed by atoms with Crippen LogP contribution in [-0.4, -0.2) is 36.0 Å². The third-order valence-corrected chi connectivity index (χ3v) is 5.50. The van der Waals surface area contributed by atoms with Crippen molar-refractivity contribution in [3.8, 4) is 0 Å². The number of nitrogens with zero attached hydrogens (tertiary/aromatic N) is 1. The number of amides is 1. The first-order valence-corrected chi connectivity index (χ1v) is 8.08. The normalized spacial score (nSPS) is 35.3. The van der Waals surface area contributed by atoms with Crippen molar-refractivity contribution in [2.45, 2.75) is 70.9 Å². The van der Waals surface area contributed by atoms with Gasteiger partial charge in [-0.2, -0.15) is 0 Å². The molecule has 3 aliphatic rings. The second-order valence-corrected chi connectivity index (χ2v) is 7.68. The van der Waals surface area contributed by atoms with Gasteiger partial charge in [0.05, 0.1) is 0 Å². The van der Waals surface area contributed by atoms with E-state index in [2.05, 4.69) is 24.1 Å². The molecule has 2 atom stereocenters. The van der Waals surface area contributed by atoms with E-state index >= 15 is 0 Å². The van der Waals surface area contributed by atoms with Crippen LogP contribution >= 0.6 is 0 Å². The summed E-state index contributed by atoms with van der Waals surface area (Å²) in [4.78, 5) is 14.6. The number of rotatable bonds is 3. The summed E-state index contributed by atoms with van der Waals surface area (Å²) in [5.74, 6) is 0.657. The molecule has 1 N–H and O–H groups in total. The third kappa shape index (κ3) is 2.96. The molecule has 3 rings (SSSR count). The van der Waals surface area contributed by atoms with Gasteiger partial charge in [0.15, 0.2) is 0 Å². The number of hydrogen-bond donors (Lipinski definition) is 1. The van der Waals surface area contributed by atoms with Crippen LogP contribution in [0.4, 0.5) is 0 Å². The predicted molar refractivity (Wildman–Crippen MR) is 76.9 cm³/mol. The van der Waals surface area contributed by atoms with E-state index in [1.54, 1.807) is 0 Å². The lowest BCUT2D eigenvalue weighted by molar-refractivity contribution is -0.128. The summed E-state index contributed by atoms with van der Waals surface area (Å²) in [6.45, 7) is 7.04. The lowest BCUT2D eigenvalue weighted by Gasteiger charge is -2.27. The molecule has 0 aromatic heterocycles. The molecule has 19 heavy (non-hydrogen) atoms. The molecule has 2 aliphatic carbocycles. The molecular formula is C16H28N2O. The zero-order valence-corrected chi connectivity index (χ0v) is 12.5. The Bertz CT molecular complexity index is 349. The van der Waals surface area contributed by atoms with Crippen molar-refractivity contribution in [3.05, 3.63) is 0 Å².